The number of aliphatic hydroxyl groups is 1. The average molecular weight is 319 g/mol. The minimum atomic E-state index is -0.534. The first kappa shape index (κ1) is 17.8. The molecule has 5 heteroatoms. The minimum absolute atomic E-state index is 0.267. The lowest BCUT2D eigenvalue weighted by Gasteiger charge is -2.31. The Kier molecular flexibility index (Phi) is 6.42. The van der Waals surface area contributed by atoms with Crippen LogP contribution >= 0.6 is 0 Å². The summed E-state index contributed by atoms with van der Waals surface area (Å²) in [5.41, 5.74) is 3.00. The molecule has 2 amide bonds. The van der Waals surface area contributed by atoms with Crippen molar-refractivity contribution in [3.63, 3.8) is 0 Å². The Hall–Kier alpha value is -1.59. The van der Waals surface area contributed by atoms with Crippen LogP contribution in [0.1, 0.15) is 30.9 Å². The summed E-state index contributed by atoms with van der Waals surface area (Å²) in [6.45, 7) is 9.23. The van der Waals surface area contributed by atoms with E-state index in [1.165, 1.54) is 12.8 Å². The number of anilines is 1. The predicted molar refractivity (Wildman–Crippen MR) is 93.8 cm³/mol. The van der Waals surface area contributed by atoms with Gasteiger partial charge in [-0.25, -0.2) is 4.79 Å². The Labute approximate surface area is 139 Å². The number of aliphatic hydroxyl groups excluding tert-OH is 1. The molecule has 1 aromatic rings. The Morgan fingerprint density at radius 1 is 1.26 bits per heavy atom. The molecule has 1 aliphatic heterocycles. The molecule has 2 rings (SSSR count). The number of benzene rings is 1. The van der Waals surface area contributed by atoms with Gasteiger partial charge in [0, 0.05) is 18.8 Å². The lowest BCUT2D eigenvalue weighted by atomic mass is 9.99. The summed E-state index contributed by atoms with van der Waals surface area (Å²) >= 11 is 0. The number of urea groups is 1. The topological polar surface area (TPSA) is 64.6 Å². The highest BCUT2D eigenvalue weighted by molar-refractivity contribution is 5.89. The van der Waals surface area contributed by atoms with Gasteiger partial charge < -0.3 is 20.6 Å². The Morgan fingerprint density at radius 2 is 1.87 bits per heavy atom. The summed E-state index contributed by atoms with van der Waals surface area (Å²) in [7, 11) is 0. The molecule has 0 aliphatic carbocycles. The van der Waals surface area contributed by atoms with E-state index >= 15 is 0 Å². The van der Waals surface area contributed by atoms with Crippen LogP contribution in [0.5, 0.6) is 0 Å². The third-order valence-electron chi connectivity index (χ3n) is 4.32. The van der Waals surface area contributed by atoms with E-state index in [-0.39, 0.29) is 12.6 Å². The zero-order valence-corrected chi connectivity index (χ0v) is 14.4. The van der Waals surface area contributed by atoms with Crippen LogP contribution in [0.25, 0.3) is 0 Å². The number of carbonyl (C=O) groups is 1. The molecule has 0 spiro atoms. The first-order valence-electron chi connectivity index (χ1n) is 8.46. The van der Waals surface area contributed by atoms with Gasteiger partial charge >= 0.3 is 6.03 Å². The predicted octanol–water partition coefficient (Wildman–Crippen LogP) is 2.52. The fourth-order valence-electron chi connectivity index (χ4n) is 3.04. The Morgan fingerprint density at radius 3 is 2.48 bits per heavy atom. The molecule has 1 atom stereocenters. The van der Waals surface area contributed by atoms with E-state index in [1.807, 2.05) is 26.0 Å². The number of hydrogen-bond acceptors (Lipinski definition) is 3. The third-order valence-corrected chi connectivity index (χ3v) is 4.32. The molecule has 5 nitrogen and oxygen atoms in total. The molecule has 0 aromatic heterocycles. The number of hydrogen-bond donors (Lipinski definition) is 3. The first-order chi connectivity index (χ1) is 10.9. The van der Waals surface area contributed by atoms with Crippen LogP contribution in [0.15, 0.2) is 18.2 Å². The molecule has 1 heterocycles. The molecular weight excluding hydrogens is 290 g/mol. The Bertz CT molecular complexity index is 505. The van der Waals surface area contributed by atoms with Gasteiger partial charge in [0.1, 0.15) is 0 Å². The lowest BCUT2D eigenvalue weighted by molar-refractivity contribution is 0.0924. The number of likely N-dealkylation sites (tertiary alicyclic amines) is 1. The highest BCUT2D eigenvalue weighted by Crippen LogP contribution is 2.16. The van der Waals surface area contributed by atoms with Gasteiger partial charge in [0.25, 0.3) is 0 Å². The molecule has 128 valence electrons. The second kappa shape index (κ2) is 8.31. The normalized spacial score (nSPS) is 17.7. The second-order valence-electron chi connectivity index (χ2n) is 6.85. The van der Waals surface area contributed by atoms with Crippen LogP contribution in [0, 0.1) is 19.8 Å². The fourth-order valence-corrected chi connectivity index (χ4v) is 3.04. The van der Waals surface area contributed by atoms with Crippen molar-refractivity contribution in [2.24, 2.45) is 5.92 Å². The summed E-state index contributed by atoms with van der Waals surface area (Å²) in [6, 6.07) is 5.64. The largest absolute Gasteiger partial charge is 0.390 e. The molecule has 0 saturated carbocycles. The van der Waals surface area contributed by atoms with Crippen molar-refractivity contribution in [1.29, 1.82) is 0 Å². The van der Waals surface area contributed by atoms with E-state index in [0.717, 1.165) is 35.8 Å². The van der Waals surface area contributed by atoms with Gasteiger partial charge in [-0.1, -0.05) is 13.0 Å². The smallest absolute Gasteiger partial charge is 0.319 e. The highest BCUT2D eigenvalue weighted by atomic mass is 16.3. The molecule has 23 heavy (non-hydrogen) atoms. The van der Waals surface area contributed by atoms with Crippen molar-refractivity contribution in [2.45, 2.75) is 39.7 Å². The van der Waals surface area contributed by atoms with Gasteiger partial charge in [-0.2, -0.15) is 0 Å². The van der Waals surface area contributed by atoms with E-state index in [2.05, 4.69) is 28.5 Å². The summed E-state index contributed by atoms with van der Waals surface area (Å²) in [5.74, 6) is 0.782. The van der Waals surface area contributed by atoms with E-state index in [9.17, 15) is 9.90 Å². The van der Waals surface area contributed by atoms with Crippen LogP contribution in [-0.4, -0.2) is 48.3 Å². The molecular formula is C18H29N3O2. The number of aryl methyl sites for hydroxylation is 2. The first-order valence-corrected chi connectivity index (χ1v) is 8.46. The minimum Gasteiger partial charge on any atom is -0.390 e. The molecule has 3 N–H and O–H groups in total. The van der Waals surface area contributed by atoms with Crippen LogP contribution in [0.3, 0.4) is 0 Å². The maximum atomic E-state index is 11.9. The van der Waals surface area contributed by atoms with E-state index in [1.54, 1.807) is 0 Å². The monoisotopic (exact) mass is 319 g/mol. The summed E-state index contributed by atoms with van der Waals surface area (Å²) in [5, 5.41) is 15.6. The third kappa shape index (κ3) is 6.20. The number of nitrogens with one attached hydrogen (secondary N) is 2. The van der Waals surface area contributed by atoms with E-state index in [0.29, 0.717) is 6.54 Å². The number of rotatable bonds is 5. The molecule has 1 aromatic carbocycles. The van der Waals surface area contributed by atoms with Gasteiger partial charge in [-0.05, 0) is 69.0 Å². The summed E-state index contributed by atoms with van der Waals surface area (Å²) in [6.07, 6.45) is 1.84. The van der Waals surface area contributed by atoms with Crippen molar-refractivity contribution in [3.8, 4) is 0 Å². The highest BCUT2D eigenvalue weighted by Gasteiger charge is 2.18. The molecule has 0 radical (unpaired) electrons. The van der Waals surface area contributed by atoms with Gasteiger partial charge in [-0.3, -0.25) is 0 Å². The van der Waals surface area contributed by atoms with Gasteiger partial charge in [0.15, 0.2) is 0 Å². The number of carbonyl (C=O) groups excluding carboxylic acids is 1. The van der Waals surface area contributed by atoms with E-state index < -0.39 is 6.10 Å². The lowest BCUT2D eigenvalue weighted by Crippen LogP contribution is -2.43. The number of amides is 2. The van der Waals surface area contributed by atoms with Gasteiger partial charge in [-0.15, -0.1) is 0 Å². The molecule has 1 saturated heterocycles. The van der Waals surface area contributed by atoms with Crippen molar-refractivity contribution < 1.29 is 9.90 Å². The van der Waals surface area contributed by atoms with Crippen LogP contribution in [0.4, 0.5) is 10.5 Å². The summed E-state index contributed by atoms with van der Waals surface area (Å²) in [4.78, 5) is 14.2. The van der Waals surface area contributed by atoms with Gasteiger partial charge in [0.05, 0.1) is 6.10 Å². The zero-order chi connectivity index (χ0) is 16.8. The zero-order valence-electron chi connectivity index (χ0n) is 14.4. The maximum absolute atomic E-state index is 11.9. The van der Waals surface area contributed by atoms with Crippen LogP contribution < -0.4 is 10.6 Å². The molecule has 1 aliphatic rings. The molecule has 0 bridgehead atoms. The average Bonchev–Trinajstić information content (AvgIpc) is 2.46. The van der Waals surface area contributed by atoms with Crippen LogP contribution in [-0.2, 0) is 0 Å². The van der Waals surface area contributed by atoms with Crippen molar-refractivity contribution in [3.05, 3.63) is 29.3 Å². The van der Waals surface area contributed by atoms with Gasteiger partial charge in [0.2, 0.25) is 0 Å². The van der Waals surface area contributed by atoms with Crippen LogP contribution in [0.2, 0.25) is 0 Å². The quantitative estimate of drug-likeness (QED) is 0.781. The Balaban J connectivity index is 1.71. The number of β-amino-alcohol motifs (C(OH)–C–C–N with tert-alkyl or cyclic N) is 1. The maximum Gasteiger partial charge on any atom is 0.319 e. The van der Waals surface area contributed by atoms with Crippen molar-refractivity contribution in [2.75, 3.05) is 31.5 Å². The number of piperidine rings is 1. The molecule has 1 fully saturated rings. The summed E-state index contributed by atoms with van der Waals surface area (Å²) < 4.78 is 0. The van der Waals surface area contributed by atoms with Crippen molar-refractivity contribution in [1.82, 2.24) is 10.2 Å². The van der Waals surface area contributed by atoms with Crippen molar-refractivity contribution >= 4 is 11.7 Å². The fraction of sp³-hybridized carbons (Fsp3) is 0.611. The standard InChI is InChI=1S/C18H29N3O2/c1-13-4-6-21(7-5-13)12-17(22)11-19-18(23)20-16-9-14(2)8-15(3)10-16/h8-10,13,17,22H,4-7,11-12H2,1-3H3,(H2,19,20,23). The van der Waals surface area contributed by atoms with E-state index in [4.69, 9.17) is 0 Å². The SMILES string of the molecule is Cc1cc(C)cc(NC(=O)NCC(O)CN2CCC(C)CC2)c1. The second-order valence-corrected chi connectivity index (χ2v) is 6.85. The number of nitrogens with zero attached hydrogens (tertiary/aromatic N) is 1. The molecule has 1 unspecified atom stereocenters.